The standard InChI is InChI=1S/C29H28FN5O4S/c1-38-28(36)23-3-2-12-35(23)16-17-4-8-21(32-15-17)26-14-22-27(40-26)25(10-11-31-22)39-24-9-7-19(13-20(24)30)34-29(37)33-18-5-6-18/h4,7-11,13-15,18,23H,2-3,5-6,12,16H2,1H3,(H2,33,34,37). The highest BCUT2D eigenvalue weighted by molar-refractivity contribution is 7.22. The Morgan fingerprint density at radius 2 is 1.98 bits per heavy atom. The SMILES string of the molecule is COC(=O)C1CCCN1Cc1ccc(-c2cc3nccc(Oc4ccc(NC(=O)NC5CC5)cc4F)c3s2)nc1. The molecule has 206 valence electrons. The zero-order chi connectivity index (χ0) is 27.6. The lowest BCUT2D eigenvalue weighted by atomic mass is 10.2. The molecule has 2 fully saturated rings. The van der Waals surface area contributed by atoms with E-state index in [0.29, 0.717) is 18.0 Å². The van der Waals surface area contributed by atoms with E-state index in [4.69, 9.17) is 9.47 Å². The Morgan fingerprint density at radius 3 is 2.73 bits per heavy atom. The molecule has 3 aromatic heterocycles. The lowest BCUT2D eigenvalue weighted by Crippen LogP contribution is -2.36. The van der Waals surface area contributed by atoms with E-state index in [0.717, 1.165) is 58.6 Å². The number of nitrogens with zero attached hydrogens (tertiary/aromatic N) is 3. The molecule has 1 aromatic carbocycles. The van der Waals surface area contributed by atoms with Crippen molar-refractivity contribution in [1.29, 1.82) is 0 Å². The summed E-state index contributed by atoms with van der Waals surface area (Å²) < 4.78 is 26.5. The van der Waals surface area contributed by atoms with Crippen LogP contribution < -0.4 is 15.4 Å². The number of nitrogens with one attached hydrogen (secondary N) is 2. The average molecular weight is 562 g/mol. The number of urea groups is 1. The molecule has 2 N–H and O–H groups in total. The maximum atomic E-state index is 14.9. The maximum Gasteiger partial charge on any atom is 0.323 e. The molecule has 0 radical (unpaired) electrons. The number of carbonyl (C=O) groups is 2. The fourth-order valence-corrected chi connectivity index (χ4v) is 5.84. The molecule has 11 heteroatoms. The van der Waals surface area contributed by atoms with Crippen LogP contribution in [0.25, 0.3) is 20.8 Å². The molecule has 1 saturated carbocycles. The number of amides is 2. The second kappa shape index (κ2) is 11.2. The minimum absolute atomic E-state index is 0.0465. The van der Waals surface area contributed by atoms with Gasteiger partial charge in [0.05, 0.1) is 27.9 Å². The maximum absolute atomic E-state index is 14.9. The van der Waals surface area contributed by atoms with Gasteiger partial charge in [0.25, 0.3) is 0 Å². The van der Waals surface area contributed by atoms with Crippen LogP contribution >= 0.6 is 11.3 Å². The molecule has 1 saturated heterocycles. The fourth-order valence-electron chi connectivity index (χ4n) is 4.80. The van der Waals surface area contributed by atoms with Crippen LogP contribution in [0.15, 0.2) is 54.9 Å². The number of hydrogen-bond donors (Lipinski definition) is 2. The third kappa shape index (κ3) is 5.75. The smallest absolute Gasteiger partial charge is 0.323 e. The van der Waals surface area contributed by atoms with Gasteiger partial charge in [-0.1, -0.05) is 6.07 Å². The van der Waals surface area contributed by atoms with Gasteiger partial charge in [-0.25, -0.2) is 9.18 Å². The summed E-state index contributed by atoms with van der Waals surface area (Å²) in [5, 5.41) is 5.45. The number of likely N-dealkylation sites (tertiary alicyclic amines) is 1. The van der Waals surface area contributed by atoms with Gasteiger partial charge in [0.15, 0.2) is 11.6 Å². The van der Waals surface area contributed by atoms with Crippen molar-refractivity contribution in [2.24, 2.45) is 0 Å². The van der Waals surface area contributed by atoms with Gasteiger partial charge < -0.3 is 20.1 Å². The number of hydrogen-bond acceptors (Lipinski definition) is 8. The lowest BCUT2D eigenvalue weighted by Gasteiger charge is -2.22. The minimum atomic E-state index is -0.587. The number of esters is 1. The number of anilines is 1. The summed E-state index contributed by atoms with van der Waals surface area (Å²) in [4.78, 5) is 36.1. The van der Waals surface area contributed by atoms with E-state index in [9.17, 15) is 14.0 Å². The number of pyridine rings is 2. The van der Waals surface area contributed by atoms with Crippen molar-refractivity contribution >= 4 is 39.2 Å². The molecule has 6 rings (SSSR count). The number of ether oxygens (including phenoxy) is 2. The van der Waals surface area contributed by atoms with Crippen LogP contribution in [-0.2, 0) is 16.1 Å². The Morgan fingerprint density at radius 1 is 1.10 bits per heavy atom. The number of carbonyl (C=O) groups excluding carboxylic acids is 2. The first kappa shape index (κ1) is 26.1. The van der Waals surface area contributed by atoms with Crippen LogP contribution in [-0.4, -0.2) is 52.6 Å². The van der Waals surface area contributed by atoms with Crippen molar-refractivity contribution < 1.29 is 23.5 Å². The van der Waals surface area contributed by atoms with Gasteiger partial charge in [-0.3, -0.25) is 19.7 Å². The molecular formula is C29H28FN5O4S. The number of aromatic nitrogens is 2. The third-order valence-corrected chi connectivity index (χ3v) is 8.16. The average Bonchev–Trinajstić information content (AvgIpc) is 3.45. The van der Waals surface area contributed by atoms with E-state index in [2.05, 4.69) is 25.5 Å². The Hall–Kier alpha value is -4.09. The van der Waals surface area contributed by atoms with Crippen LogP contribution in [0.5, 0.6) is 11.5 Å². The number of thiophene rings is 1. The van der Waals surface area contributed by atoms with Gasteiger partial charge in [-0.2, -0.15) is 0 Å². The first-order valence-corrected chi connectivity index (χ1v) is 14.0. The summed E-state index contributed by atoms with van der Waals surface area (Å²) >= 11 is 1.46. The van der Waals surface area contributed by atoms with Crippen molar-refractivity contribution in [1.82, 2.24) is 20.2 Å². The summed E-state index contributed by atoms with van der Waals surface area (Å²) in [7, 11) is 1.42. The minimum Gasteiger partial charge on any atom is -0.468 e. The number of halogens is 1. The van der Waals surface area contributed by atoms with E-state index in [1.54, 1.807) is 18.3 Å². The van der Waals surface area contributed by atoms with Gasteiger partial charge in [0, 0.05) is 42.8 Å². The topological polar surface area (TPSA) is 106 Å². The van der Waals surface area contributed by atoms with Crippen LogP contribution in [0, 0.1) is 5.82 Å². The highest BCUT2D eigenvalue weighted by Gasteiger charge is 2.31. The van der Waals surface area contributed by atoms with Gasteiger partial charge in [-0.15, -0.1) is 11.3 Å². The van der Waals surface area contributed by atoms with Crippen molar-refractivity contribution in [3.8, 4) is 22.1 Å². The number of rotatable bonds is 8. The van der Waals surface area contributed by atoms with Crippen molar-refractivity contribution in [3.63, 3.8) is 0 Å². The van der Waals surface area contributed by atoms with Crippen molar-refractivity contribution in [2.45, 2.75) is 44.3 Å². The Bertz CT molecular complexity index is 1560. The van der Waals surface area contributed by atoms with E-state index >= 15 is 0 Å². The molecule has 1 aliphatic heterocycles. The van der Waals surface area contributed by atoms with Gasteiger partial charge in [0.2, 0.25) is 0 Å². The molecule has 0 bridgehead atoms. The largest absolute Gasteiger partial charge is 0.468 e. The highest BCUT2D eigenvalue weighted by Crippen LogP contribution is 2.39. The second-order valence-corrected chi connectivity index (χ2v) is 11.0. The normalized spacial score (nSPS) is 17.1. The van der Waals surface area contributed by atoms with Gasteiger partial charge in [-0.05, 0) is 62.1 Å². The van der Waals surface area contributed by atoms with Gasteiger partial charge in [0.1, 0.15) is 11.8 Å². The molecule has 1 atom stereocenters. The van der Waals surface area contributed by atoms with E-state index in [1.807, 2.05) is 24.4 Å². The molecule has 9 nitrogen and oxygen atoms in total. The zero-order valence-electron chi connectivity index (χ0n) is 21.9. The Kier molecular flexibility index (Phi) is 7.31. The number of fused-ring (bicyclic) bond motifs is 1. The van der Waals surface area contributed by atoms with Crippen LogP contribution in [0.3, 0.4) is 0 Å². The quantitative estimate of drug-likeness (QED) is 0.266. The molecule has 4 aromatic rings. The predicted octanol–water partition coefficient (Wildman–Crippen LogP) is 5.71. The number of benzene rings is 1. The summed E-state index contributed by atoms with van der Waals surface area (Å²) in [5.74, 6) is -0.255. The molecule has 2 aliphatic rings. The van der Waals surface area contributed by atoms with E-state index < -0.39 is 5.82 Å². The first-order chi connectivity index (χ1) is 19.5. The molecule has 2 amide bonds. The molecule has 1 aliphatic carbocycles. The van der Waals surface area contributed by atoms with Crippen LogP contribution in [0.1, 0.15) is 31.2 Å². The fraction of sp³-hybridized carbons (Fsp3) is 0.310. The Labute approximate surface area is 234 Å². The van der Waals surface area contributed by atoms with Crippen molar-refractivity contribution in [3.05, 3.63) is 66.2 Å². The number of methoxy groups -OCH3 is 1. The highest BCUT2D eigenvalue weighted by atomic mass is 32.1. The molecule has 40 heavy (non-hydrogen) atoms. The van der Waals surface area contributed by atoms with Crippen LogP contribution in [0.2, 0.25) is 0 Å². The van der Waals surface area contributed by atoms with E-state index in [-0.39, 0.29) is 29.8 Å². The van der Waals surface area contributed by atoms with E-state index in [1.165, 1.54) is 30.6 Å². The molecular weight excluding hydrogens is 533 g/mol. The molecule has 1 unspecified atom stereocenters. The zero-order valence-corrected chi connectivity index (χ0v) is 22.7. The summed E-state index contributed by atoms with van der Waals surface area (Å²) in [5.41, 5.74) is 2.87. The summed E-state index contributed by atoms with van der Waals surface area (Å²) in [6, 6.07) is 11.6. The monoisotopic (exact) mass is 561 g/mol. The summed E-state index contributed by atoms with van der Waals surface area (Å²) in [6.07, 6.45) is 7.16. The van der Waals surface area contributed by atoms with Gasteiger partial charge >= 0.3 is 12.0 Å². The Balaban J connectivity index is 1.16. The van der Waals surface area contributed by atoms with Crippen LogP contribution in [0.4, 0.5) is 14.9 Å². The lowest BCUT2D eigenvalue weighted by molar-refractivity contribution is -0.146. The predicted molar refractivity (Wildman–Crippen MR) is 150 cm³/mol. The molecule has 0 spiro atoms. The first-order valence-electron chi connectivity index (χ1n) is 13.2. The second-order valence-electron chi connectivity index (χ2n) is 9.96. The molecule has 4 heterocycles. The summed E-state index contributed by atoms with van der Waals surface area (Å²) in [6.45, 7) is 1.48. The van der Waals surface area contributed by atoms with Crippen molar-refractivity contribution in [2.75, 3.05) is 19.0 Å². The third-order valence-electron chi connectivity index (χ3n) is 7.00.